The molecule has 10 heteroatoms. The third kappa shape index (κ3) is 7.00. The lowest BCUT2D eigenvalue weighted by molar-refractivity contribution is 0.102. The molecule has 1 N–H and O–H groups in total. The summed E-state index contributed by atoms with van der Waals surface area (Å²) in [7, 11) is -0.410. The third-order valence-corrected chi connectivity index (χ3v) is 7.98. The first-order chi connectivity index (χ1) is 18.5. The van der Waals surface area contributed by atoms with Gasteiger partial charge in [-0.25, -0.2) is 17.2 Å². The molecular weight excluding hydrogens is 544 g/mol. The molecule has 0 aliphatic heterocycles. The van der Waals surface area contributed by atoms with E-state index in [1.807, 2.05) is 19.0 Å². The maximum Gasteiger partial charge on any atom is 0.255 e. The summed E-state index contributed by atoms with van der Waals surface area (Å²) in [5, 5.41) is 3.02. The van der Waals surface area contributed by atoms with Gasteiger partial charge in [0.2, 0.25) is 10.0 Å². The molecule has 4 aromatic rings. The van der Waals surface area contributed by atoms with Crippen LogP contribution in [0.25, 0.3) is 0 Å². The van der Waals surface area contributed by atoms with E-state index in [4.69, 9.17) is 11.6 Å². The topological polar surface area (TPSA) is 69.7 Å². The first-order valence-corrected chi connectivity index (χ1v) is 13.7. The Morgan fingerprint density at radius 2 is 1.56 bits per heavy atom. The molecule has 0 bridgehead atoms. The van der Waals surface area contributed by atoms with Gasteiger partial charge in [0.1, 0.15) is 11.6 Å². The van der Waals surface area contributed by atoms with E-state index in [9.17, 15) is 22.0 Å². The van der Waals surface area contributed by atoms with E-state index in [0.717, 1.165) is 11.8 Å². The number of hydrogen-bond donors (Lipinski definition) is 1. The smallest absolute Gasteiger partial charge is 0.255 e. The highest BCUT2D eigenvalue weighted by molar-refractivity contribution is 7.89. The molecule has 0 saturated carbocycles. The molecule has 39 heavy (non-hydrogen) atoms. The monoisotopic (exact) mass is 569 g/mol. The number of hydrogen-bond acceptors (Lipinski definition) is 4. The lowest BCUT2D eigenvalue weighted by Gasteiger charge is -2.26. The Labute approximate surface area is 231 Å². The zero-order valence-corrected chi connectivity index (χ0v) is 22.8. The number of nitrogens with zero attached hydrogens (tertiary/aromatic N) is 2. The standard InChI is InChI=1S/C29H26ClF2N3O3S/c1-34(2)28-14-13-26(33-29(36)21-5-3-7-25(32)15-21)16-22(28)19-35(18-20-9-11-24(31)12-10-20)39(37,38)27-8-4-6-23(30)17-27/h3-17H,18-19H2,1-2H3,(H,33,36). The number of halogens is 3. The van der Waals surface area contributed by atoms with E-state index in [-0.39, 0.29) is 28.6 Å². The van der Waals surface area contributed by atoms with Crippen molar-refractivity contribution < 1.29 is 22.0 Å². The zero-order valence-electron chi connectivity index (χ0n) is 21.2. The maximum absolute atomic E-state index is 13.8. The van der Waals surface area contributed by atoms with Crippen molar-refractivity contribution in [2.24, 2.45) is 0 Å². The van der Waals surface area contributed by atoms with E-state index < -0.39 is 27.6 Å². The lowest BCUT2D eigenvalue weighted by Crippen LogP contribution is -2.31. The number of nitrogens with one attached hydrogen (secondary N) is 1. The van der Waals surface area contributed by atoms with Gasteiger partial charge in [0.25, 0.3) is 5.91 Å². The van der Waals surface area contributed by atoms with Crippen molar-refractivity contribution in [3.8, 4) is 0 Å². The Hall–Kier alpha value is -3.79. The minimum atomic E-state index is -4.05. The predicted molar refractivity (Wildman–Crippen MR) is 149 cm³/mol. The Morgan fingerprint density at radius 1 is 0.846 bits per heavy atom. The van der Waals surface area contributed by atoms with Gasteiger partial charge in [0, 0.05) is 49.1 Å². The van der Waals surface area contributed by atoms with Gasteiger partial charge in [0.05, 0.1) is 4.90 Å². The highest BCUT2D eigenvalue weighted by Gasteiger charge is 2.27. The molecule has 0 aromatic heterocycles. The Bertz CT molecular complexity index is 1600. The Morgan fingerprint density at radius 3 is 2.23 bits per heavy atom. The van der Waals surface area contributed by atoms with Gasteiger partial charge in [-0.1, -0.05) is 35.9 Å². The highest BCUT2D eigenvalue weighted by Crippen LogP contribution is 2.29. The van der Waals surface area contributed by atoms with Gasteiger partial charge in [-0.3, -0.25) is 4.79 Å². The number of rotatable bonds is 9. The van der Waals surface area contributed by atoms with Gasteiger partial charge in [-0.05, 0) is 77.9 Å². The summed E-state index contributed by atoms with van der Waals surface area (Å²) < 4.78 is 56.0. The summed E-state index contributed by atoms with van der Waals surface area (Å²) in [6, 6.07) is 22.0. The number of carbonyl (C=O) groups excluding carboxylic acids is 1. The molecule has 0 aliphatic carbocycles. The summed E-state index contributed by atoms with van der Waals surface area (Å²) in [6.07, 6.45) is 0. The number of benzene rings is 4. The average molecular weight is 570 g/mol. The molecule has 0 aliphatic rings. The molecule has 0 radical (unpaired) electrons. The second-order valence-corrected chi connectivity index (χ2v) is 11.4. The first-order valence-electron chi connectivity index (χ1n) is 11.9. The fraction of sp³-hybridized carbons (Fsp3) is 0.138. The number of carbonyl (C=O) groups is 1. The van der Waals surface area contributed by atoms with Crippen molar-refractivity contribution in [1.82, 2.24) is 4.31 Å². The van der Waals surface area contributed by atoms with Crippen LogP contribution in [0.2, 0.25) is 5.02 Å². The van der Waals surface area contributed by atoms with Crippen LogP contribution in [0.15, 0.2) is 95.9 Å². The van der Waals surface area contributed by atoms with Gasteiger partial charge in [-0.2, -0.15) is 4.31 Å². The Kier molecular flexibility index (Phi) is 8.64. The van der Waals surface area contributed by atoms with Crippen LogP contribution in [0.1, 0.15) is 21.5 Å². The molecule has 1 amide bonds. The Balaban J connectivity index is 1.72. The summed E-state index contributed by atoms with van der Waals surface area (Å²) in [5.41, 5.74) is 2.47. The molecule has 0 fully saturated rings. The molecule has 0 spiro atoms. The van der Waals surface area contributed by atoms with E-state index >= 15 is 0 Å². The summed E-state index contributed by atoms with van der Waals surface area (Å²) in [6.45, 7) is -0.106. The molecule has 0 saturated heterocycles. The van der Waals surface area contributed by atoms with Crippen LogP contribution in [0.5, 0.6) is 0 Å². The molecule has 202 valence electrons. The van der Waals surface area contributed by atoms with Crippen LogP contribution in [0.3, 0.4) is 0 Å². The normalized spacial score (nSPS) is 11.4. The van der Waals surface area contributed by atoms with Crippen molar-refractivity contribution in [2.75, 3.05) is 24.3 Å². The van der Waals surface area contributed by atoms with Crippen LogP contribution in [0.4, 0.5) is 20.2 Å². The molecule has 6 nitrogen and oxygen atoms in total. The predicted octanol–water partition coefficient (Wildman–Crippen LogP) is 6.33. The molecular formula is C29H26ClF2N3O3S. The quantitative estimate of drug-likeness (QED) is 0.256. The minimum Gasteiger partial charge on any atom is -0.377 e. The molecule has 0 heterocycles. The van der Waals surface area contributed by atoms with E-state index in [1.54, 1.807) is 30.3 Å². The van der Waals surface area contributed by atoms with Crippen molar-refractivity contribution in [1.29, 1.82) is 0 Å². The van der Waals surface area contributed by atoms with E-state index in [1.165, 1.54) is 58.9 Å². The van der Waals surface area contributed by atoms with Gasteiger partial charge in [-0.15, -0.1) is 0 Å². The van der Waals surface area contributed by atoms with E-state index in [0.29, 0.717) is 16.8 Å². The fourth-order valence-electron chi connectivity index (χ4n) is 4.05. The van der Waals surface area contributed by atoms with Gasteiger partial charge >= 0.3 is 0 Å². The van der Waals surface area contributed by atoms with Crippen LogP contribution in [-0.4, -0.2) is 32.7 Å². The first kappa shape index (κ1) is 28.2. The summed E-state index contributed by atoms with van der Waals surface area (Å²) in [5.74, 6) is -1.47. The average Bonchev–Trinajstić information content (AvgIpc) is 2.89. The molecule has 4 rings (SSSR count). The fourth-order valence-corrected chi connectivity index (χ4v) is 5.75. The van der Waals surface area contributed by atoms with E-state index in [2.05, 4.69) is 5.32 Å². The van der Waals surface area contributed by atoms with Crippen LogP contribution in [0, 0.1) is 11.6 Å². The number of amides is 1. The molecule has 0 atom stereocenters. The zero-order chi connectivity index (χ0) is 28.2. The van der Waals surface area contributed by atoms with Crippen LogP contribution >= 0.6 is 11.6 Å². The largest absolute Gasteiger partial charge is 0.377 e. The summed E-state index contributed by atoms with van der Waals surface area (Å²) in [4.78, 5) is 14.6. The van der Waals surface area contributed by atoms with Gasteiger partial charge < -0.3 is 10.2 Å². The third-order valence-electron chi connectivity index (χ3n) is 5.96. The SMILES string of the molecule is CN(C)c1ccc(NC(=O)c2cccc(F)c2)cc1CN(Cc1ccc(F)cc1)S(=O)(=O)c1cccc(Cl)c1. The summed E-state index contributed by atoms with van der Waals surface area (Å²) >= 11 is 6.09. The van der Waals surface area contributed by atoms with Crippen molar-refractivity contribution in [3.05, 3.63) is 124 Å². The molecule has 4 aromatic carbocycles. The van der Waals surface area contributed by atoms with Crippen molar-refractivity contribution >= 4 is 38.9 Å². The highest BCUT2D eigenvalue weighted by atomic mass is 35.5. The second kappa shape index (κ2) is 11.9. The van der Waals surface area contributed by atoms with Crippen molar-refractivity contribution in [3.63, 3.8) is 0 Å². The van der Waals surface area contributed by atoms with Gasteiger partial charge in [0.15, 0.2) is 0 Å². The number of anilines is 2. The second-order valence-electron chi connectivity index (χ2n) is 9.06. The lowest BCUT2D eigenvalue weighted by atomic mass is 10.1. The van der Waals surface area contributed by atoms with Crippen LogP contribution < -0.4 is 10.2 Å². The minimum absolute atomic E-state index is 0.0130. The van der Waals surface area contributed by atoms with Crippen LogP contribution in [-0.2, 0) is 23.1 Å². The molecule has 0 unspecified atom stereocenters. The maximum atomic E-state index is 13.8. The van der Waals surface area contributed by atoms with Crippen molar-refractivity contribution in [2.45, 2.75) is 18.0 Å². The number of sulfonamides is 1.